The first kappa shape index (κ1) is 12.8. The standard InChI is InChI=1S/C14H9F2N3S/c15-9-5-6-10(17)13(12(9)16)20-14-8-3-1-2-4-11(8)18-7-19-14/h1-7H,17H2. The monoisotopic (exact) mass is 289 g/mol. The molecule has 0 saturated heterocycles. The zero-order valence-corrected chi connectivity index (χ0v) is 11.0. The highest BCUT2D eigenvalue weighted by molar-refractivity contribution is 7.99. The van der Waals surface area contributed by atoms with E-state index in [1.165, 1.54) is 12.4 Å². The van der Waals surface area contributed by atoms with Crippen molar-refractivity contribution in [1.82, 2.24) is 9.97 Å². The summed E-state index contributed by atoms with van der Waals surface area (Å²) in [6.45, 7) is 0. The fraction of sp³-hybridized carbons (Fsp3) is 0. The highest BCUT2D eigenvalue weighted by Gasteiger charge is 2.15. The molecule has 1 heterocycles. The third kappa shape index (κ3) is 2.18. The van der Waals surface area contributed by atoms with Crippen LogP contribution in [0.5, 0.6) is 0 Å². The summed E-state index contributed by atoms with van der Waals surface area (Å²) in [6.07, 6.45) is 1.39. The van der Waals surface area contributed by atoms with E-state index >= 15 is 0 Å². The number of fused-ring (bicyclic) bond motifs is 1. The van der Waals surface area contributed by atoms with E-state index in [0.717, 1.165) is 28.7 Å². The van der Waals surface area contributed by atoms with Crippen LogP contribution in [0.1, 0.15) is 0 Å². The van der Waals surface area contributed by atoms with Gasteiger partial charge in [0.05, 0.1) is 10.4 Å². The van der Waals surface area contributed by atoms with E-state index in [4.69, 9.17) is 5.73 Å². The van der Waals surface area contributed by atoms with Gasteiger partial charge in [0.2, 0.25) is 0 Å². The van der Waals surface area contributed by atoms with Crippen molar-refractivity contribution in [1.29, 1.82) is 0 Å². The Morgan fingerprint density at radius 3 is 2.65 bits per heavy atom. The predicted molar refractivity (Wildman–Crippen MR) is 74.4 cm³/mol. The summed E-state index contributed by atoms with van der Waals surface area (Å²) in [5.74, 6) is -1.89. The molecule has 0 spiro atoms. The first-order chi connectivity index (χ1) is 9.66. The number of anilines is 1. The minimum absolute atomic E-state index is 0.0360. The SMILES string of the molecule is Nc1ccc(F)c(F)c1Sc1ncnc2ccccc12. The van der Waals surface area contributed by atoms with Crippen LogP contribution in [-0.4, -0.2) is 9.97 Å². The summed E-state index contributed by atoms with van der Waals surface area (Å²) >= 11 is 0.993. The van der Waals surface area contributed by atoms with E-state index in [1.807, 2.05) is 24.3 Å². The number of nitrogens with two attached hydrogens (primary N) is 1. The van der Waals surface area contributed by atoms with Gasteiger partial charge in [0.15, 0.2) is 11.6 Å². The third-order valence-electron chi connectivity index (χ3n) is 2.79. The number of aromatic nitrogens is 2. The van der Waals surface area contributed by atoms with Gasteiger partial charge >= 0.3 is 0 Å². The lowest BCUT2D eigenvalue weighted by Crippen LogP contribution is -1.96. The van der Waals surface area contributed by atoms with E-state index < -0.39 is 11.6 Å². The number of para-hydroxylation sites is 1. The fourth-order valence-electron chi connectivity index (χ4n) is 1.81. The van der Waals surface area contributed by atoms with E-state index in [9.17, 15) is 8.78 Å². The van der Waals surface area contributed by atoms with Gasteiger partial charge in [0, 0.05) is 11.1 Å². The van der Waals surface area contributed by atoms with Gasteiger partial charge in [-0.1, -0.05) is 30.0 Å². The van der Waals surface area contributed by atoms with Crippen molar-refractivity contribution in [2.75, 3.05) is 5.73 Å². The van der Waals surface area contributed by atoms with Crippen molar-refractivity contribution in [3.8, 4) is 0 Å². The maximum absolute atomic E-state index is 13.8. The molecule has 0 aliphatic rings. The number of hydrogen-bond acceptors (Lipinski definition) is 4. The Kier molecular flexibility index (Phi) is 3.23. The second kappa shape index (κ2) is 5.05. The van der Waals surface area contributed by atoms with Crippen LogP contribution < -0.4 is 5.73 Å². The zero-order valence-electron chi connectivity index (χ0n) is 10.2. The van der Waals surface area contributed by atoms with Crippen LogP contribution in [-0.2, 0) is 0 Å². The topological polar surface area (TPSA) is 51.8 Å². The van der Waals surface area contributed by atoms with E-state index in [0.29, 0.717) is 5.03 Å². The van der Waals surface area contributed by atoms with Crippen LogP contribution in [0.3, 0.4) is 0 Å². The lowest BCUT2D eigenvalue weighted by Gasteiger charge is -2.08. The molecule has 2 aromatic carbocycles. The fourth-order valence-corrected chi connectivity index (χ4v) is 2.76. The molecule has 0 fully saturated rings. The largest absolute Gasteiger partial charge is 0.398 e. The summed E-state index contributed by atoms with van der Waals surface area (Å²) in [5.41, 5.74) is 6.63. The molecule has 3 aromatic rings. The lowest BCUT2D eigenvalue weighted by molar-refractivity contribution is 0.492. The van der Waals surface area contributed by atoms with Gasteiger partial charge in [-0.2, -0.15) is 0 Å². The summed E-state index contributed by atoms with van der Waals surface area (Å²) in [6, 6.07) is 9.68. The van der Waals surface area contributed by atoms with Crippen LogP contribution in [0.25, 0.3) is 10.9 Å². The Balaban J connectivity index is 2.13. The quantitative estimate of drug-likeness (QED) is 0.578. The summed E-state index contributed by atoms with van der Waals surface area (Å²) in [7, 11) is 0. The van der Waals surface area contributed by atoms with Crippen molar-refractivity contribution in [2.24, 2.45) is 0 Å². The number of benzene rings is 2. The van der Waals surface area contributed by atoms with Crippen molar-refractivity contribution in [3.05, 3.63) is 54.4 Å². The average molecular weight is 289 g/mol. The average Bonchev–Trinajstić information content (AvgIpc) is 2.48. The molecule has 0 atom stereocenters. The van der Waals surface area contributed by atoms with Gasteiger partial charge < -0.3 is 5.73 Å². The highest BCUT2D eigenvalue weighted by Crippen LogP contribution is 2.36. The van der Waals surface area contributed by atoms with Gasteiger partial charge in [0.25, 0.3) is 0 Å². The number of nitrogen functional groups attached to an aromatic ring is 1. The first-order valence-corrected chi connectivity index (χ1v) is 6.59. The van der Waals surface area contributed by atoms with Gasteiger partial charge in [-0.05, 0) is 18.2 Å². The van der Waals surface area contributed by atoms with Crippen molar-refractivity contribution < 1.29 is 8.78 Å². The van der Waals surface area contributed by atoms with E-state index in [2.05, 4.69) is 9.97 Å². The molecule has 3 nitrogen and oxygen atoms in total. The van der Waals surface area contributed by atoms with Gasteiger partial charge in [-0.25, -0.2) is 18.7 Å². The first-order valence-electron chi connectivity index (χ1n) is 5.78. The second-order valence-corrected chi connectivity index (χ2v) is 5.08. The minimum Gasteiger partial charge on any atom is -0.398 e. The van der Waals surface area contributed by atoms with Crippen LogP contribution >= 0.6 is 11.8 Å². The summed E-state index contributed by atoms with van der Waals surface area (Å²) < 4.78 is 27.1. The molecule has 1 aromatic heterocycles. The molecule has 0 amide bonds. The van der Waals surface area contributed by atoms with Crippen molar-refractivity contribution in [2.45, 2.75) is 9.92 Å². The Labute approximate surface area is 117 Å². The van der Waals surface area contributed by atoms with Crippen LogP contribution in [0.4, 0.5) is 14.5 Å². The van der Waals surface area contributed by atoms with E-state index in [1.54, 1.807) is 0 Å². The Morgan fingerprint density at radius 1 is 1.00 bits per heavy atom. The molecule has 0 aliphatic heterocycles. The van der Waals surface area contributed by atoms with Crippen molar-refractivity contribution >= 4 is 28.4 Å². The molecule has 2 N–H and O–H groups in total. The van der Waals surface area contributed by atoms with E-state index in [-0.39, 0.29) is 10.6 Å². The van der Waals surface area contributed by atoms with Crippen molar-refractivity contribution in [3.63, 3.8) is 0 Å². The maximum Gasteiger partial charge on any atom is 0.174 e. The molecule has 0 bridgehead atoms. The highest BCUT2D eigenvalue weighted by atomic mass is 32.2. The molecule has 0 saturated carbocycles. The summed E-state index contributed by atoms with van der Waals surface area (Å²) in [5, 5.41) is 1.30. The zero-order chi connectivity index (χ0) is 14.1. The molecular formula is C14H9F2N3S. The predicted octanol–water partition coefficient (Wildman–Crippen LogP) is 3.64. The van der Waals surface area contributed by atoms with Crippen LogP contribution in [0.15, 0.2) is 52.6 Å². The Hall–Kier alpha value is -2.21. The molecular weight excluding hydrogens is 280 g/mol. The number of halogens is 2. The number of rotatable bonds is 2. The molecule has 0 aliphatic carbocycles. The molecule has 100 valence electrons. The Bertz CT molecular complexity index is 787. The number of nitrogens with zero attached hydrogens (tertiary/aromatic N) is 2. The molecule has 0 unspecified atom stereocenters. The van der Waals surface area contributed by atoms with Crippen LogP contribution in [0, 0.1) is 11.6 Å². The maximum atomic E-state index is 13.8. The van der Waals surface area contributed by atoms with Crippen LogP contribution in [0.2, 0.25) is 0 Å². The second-order valence-electron chi connectivity index (χ2n) is 4.08. The number of hydrogen-bond donors (Lipinski definition) is 1. The molecule has 20 heavy (non-hydrogen) atoms. The Morgan fingerprint density at radius 2 is 1.80 bits per heavy atom. The minimum atomic E-state index is -0.960. The lowest BCUT2D eigenvalue weighted by atomic mass is 10.2. The molecule has 3 rings (SSSR count). The smallest absolute Gasteiger partial charge is 0.174 e. The third-order valence-corrected chi connectivity index (χ3v) is 3.92. The van der Waals surface area contributed by atoms with Gasteiger partial charge in [0.1, 0.15) is 11.4 Å². The van der Waals surface area contributed by atoms with Gasteiger partial charge in [-0.3, -0.25) is 0 Å². The molecule has 0 radical (unpaired) electrons. The molecule has 6 heteroatoms. The summed E-state index contributed by atoms with van der Waals surface area (Å²) in [4.78, 5) is 8.28. The van der Waals surface area contributed by atoms with Gasteiger partial charge in [-0.15, -0.1) is 0 Å². The normalized spacial score (nSPS) is 10.9.